The second kappa shape index (κ2) is 7.33. The molecule has 2 heterocycles. The third-order valence-corrected chi connectivity index (χ3v) is 7.48. The van der Waals surface area contributed by atoms with Crippen LogP contribution in [0, 0.1) is 12.7 Å². The van der Waals surface area contributed by atoms with Crippen molar-refractivity contribution in [3.05, 3.63) is 52.7 Å². The molecule has 5 nitrogen and oxygen atoms in total. The Morgan fingerprint density at radius 2 is 1.92 bits per heavy atom. The normalized spacial score (nSPS) is 16.9. The monoisotopic (exact) mass is 382 g/mol. The maximum Gasteiger partial charge on any atom is 0.252 e. The number of carbonyl (C=O) groups excluding carboxylic acids is 1. The molecule has 0 aliphatic carbocycles. The molecule has 0 N–H and O–H groups in total. The molecule has 1 fully saturated rings. The third kappa shape index (κ3) is 3.98. The van der Waals surface area contributed by atoms with Crippen molar-refractivity contribution in [3.8, 4) is 0 Å². The van der Waals surface area contributed by atoms with Gasteiger partial charge in [-0.05, 0) is 30.5 Å². The van der Waals surface area contributed by atoms with Crippen molar-refractivity contribution in [1.29, 1.82) is 0 Å². The van der Waals surface area contributed by atoms with E-state index in [1.54, 1.807) is 29.6 Å². The van der Waals surface area contributed by atoms with Gasteiger partial charge >= 0.3 is 0 Å². The second-order valence-electron chi connectivity index (χ2n) is 6.02. The zero-order valence-corrected chi connectivity index (χ0v) is 15.4. The highest BCUT2D eigenvalue weighted by Gasteiger charge is 2.30. The summed E-state index contributed by atoms with van der Waals surface area (Å²) in [6, 6.07) is 7.78. The summed E-state index contributed by atoms with van der Waals surface area (Å²) in [5.74, 6) is -0.801. The summed E-state index contributed by atoms with van der Waals surface area (Å²) < 4.78 is 40.6. The number of benzene rings is 1. The molecule has 0 amide bonds. The smallest absolute Gasteiger partial charge is 0.252 e. The molecule has 1 aliphatic rings. The first-order valence-electron chi connectivity index (χ1n) is 7.93. The van der Waals surface area contributed by atoms with Gasteiger partial charge in [-0.15, -0.1) is 11.3 Å². The summed E-state index contributed by atoms with van der Waals surface area (Å²) in [6.07, 6.45) is 0. The van der Waals surface area contributed by atoms with Crippen LogP contribution < -0.4 is 0 Å². The molecule has 1 aliphatic heterocycles. The quantitative estimate of drug-likeness (QED) is 0.745. The summed E-state index contributed by atoms with van der Waals surface area (Å²) in [5, 5.41) is 1.73. The fourth-order valence-corrected chi connectivity index (χ4v) is 5.37. The first-order chi connectivity index (χ1) is 11.9. The molecule has 3 rings (SSSR count). The predicted octanol–water partition coefficient (Wildman–Crippen LogP) is 2.38. The Kier molecular flexibility index (Phi) is 5.33. The number of thiophene rings is 1. The summed E-state index contributed by atoms with van der Waals surface area (Å²) in [6.45, 7) is 3.44. The van der Waals surface area contributed by atoms with Crippen molar-refractivity contribution >= 4 is 27.1 Å². The summed E-state index contributed by atoms with van der Waals surface area (Å²) in [5.41, 5.74) is 0.922. The molecule has 0 bridgehead atoms. The predicted molar refractivity (Wildman–Crippen MR) is 95.0 cm³/mol. The van der Waals surface area contributed by atoms with Gasteiger partial charge in [0.25, 0.3) is 10.0 Å². The largest absolute Gasteiger partial charge is 0.293 e. The molecule has 1 aromatic heterocycles. The zero-order valence-electron chi connectivity index (χ0n) is 13.8. The van der Waals surface area contributed by atoms with E-state index in [0.717, 1.165) is 5.56 Å². The molecule has 1 aromatic carbocycles. The van der Waals surface area contributed by atoms with Crippen molar-refractivity contribution in [1.82, 2.24) is 9.21 Å². The minimum absolute atomic E-state index is 0.0905. The van der Waals surface area contributed by atoms with Gasteiger partial charge in [0.2, 0.25) is 0 Å². The van der Waals surface area contributed by atoms with Crippen molar-refractivity contribution < 1.29 is 17.6 Å². The number of hydrogen-bond acceptors (Lipinski definition) is 5. The summed E-state index contributed by atoms with van der Waals surface area (Å²) in [7, 11) is -3.45. The van der Waals surface area contributed by atoms with Crippen molar-refractivity contribution in [2.45, 2.75) is 11.1 Å². The lowest BCUT2D eigenvalue weighted by atomic mass is 10.1. The number of Topliss-reactive ketones (excluding diaryl/α,β-unsaturated/α-hetero) is 1. The van der Waals surface area contributed by atoms with Gasteiger partial charge in [0.15, 0.2) is 5.78 Å². The highest BCUT2D eigenvalue weighted by Crippen LogP contribution is 2.22. The van der Waals surface area contributed by atoms with E-state index in [1.165, 1.54) is 21.7 Å². The van der Waals surface area contributed by atoms with Crippen LogP contribution in [0.3, 0.4) is 0 Å². The first-order valence-corrected chi connectivity index (χ1v) is 10.3. The van der Waals surface area contributed by atoms with Crippen LogP contribution in [0.5, 0.6) is 0 Å². The lowest BCUT2D eigenvalue weighted by molar-refractivity contribution is 0.0897. The van der Waals surface area contributed by atoms with Gasteiger partial charge in [-0.3, -0.25) is 9.69 Å². The summed E-state index contributed by atoms with van der Waals surface area (Å²) >= 11 is 1.20. The third-order valence-electron chi connectivity index (χ3n) is 4.21. The fourth-order valence-electron chi connectivity index (χ4n) is 2.81. The standard InChI is InChI=1S/C17H19FN2O3S2/c1-13-4-5-15(18)14(11-13)16(21)12-19-6-8-20(9-7-19)25(22,23)17-3-2-10-24-17/h2-5,10-11H,6-9,12H2,1H3. The number of rotatable bonds is 5. The lowest BCUT2D eigenvalue weighted by Crippen LogP contribution is -2.49. The van der Waals surface area contributed by atoms with Crippen LogP contribution in [0.4, 0.5) is 4.39 Å². The fraction of sp³-hybridized carbons (Fsp3) is 0.353. The van der Waals surface area contributed by atoms with Crippen molar-refractivity contribution in [2.75, 3.05) is 32.7 Å². The molecule has 2 aromatic rings. The van der Waals surface area contributed by atoms with Gasteiger partial charge < -0.3 is 0 Å². The van der Waals surface area contributed by atoms with Crippen LogP contribution in [0.25, 0.3) is 0 Å². The topological polar surface area (TPSA) is 57.7 Å². The molecule has 0 atom stereocenters. The molecule has 0 spiro atoms. The molecule has 0 radical (unpaired) electrons. The average molecular weight is 382 g/mol. The van der Waals surface area contributed by atoms with Gasteiger partial charge in [0, 0.05) is 26.2 Å². The highest BCUT2D eigenvalue weighted by atomic mass is 32.2. The maximum absolute atomic E-state index is 13.8. The number of halogens is 1. The van der Waals surface area contributed by atoms with Gasteiger partial charge in [0.05, 0.1) is 12.1 Å². The minimum Gasteiger partial charge on any atom is -0.293 e. The minimum atomic E-state index is -3.45. The van der Waals surface area contributed by atoms with Crippen LogP contribution in [-0.4, -0.2) is 56.1 Å². The van der Waals surface area contributed by atoms with Crippen LogP contribution in [0.15, 0.2) is 39.9 Å². The van der Waals surface area contributed by atoms with E-state index in [0.29, 0.717) is 30.4 Å². The van der Waals surface area contributed by atoms with Crippen LogP contribution in [0.2, 0.25) is 0 Å². The first kappa shape index (κ1) is 18.2. The number of nitrogens with zero attached hydrogens (tertiary/aromatic N) is 2. The molecule has 25 heavy (non-hydrogen) atoms. The van der Waals surface area contributed by atoms with E-state index in [1.807, 2.05) is 11.8 Å². The average Bonchev–Trinajstić information content (AvgIpc) is 3.13. The van der Waals surface area contributed by atoms with Crippen LogP contribution >= 0.6 is 11.3 Å². The van der Waals surface area contributed by atoms with E-state index < -0.39 is 15.8 Å². The van der Waals surface area contributed by atoms with E-state index in [-0.39, 0.29) is 17.9 Å². The Balaban J connectivity index is 1.61. The van der Waals surface area contributed by atoms with Gasteiger partial charge in [-0.2, -0.15) is 4.31 Å². The van der Waals surface area contributed by atoms with Gasteiger partial charge in [-0.1, -0.05) is 17.7 Å². The molecule has 0 unspecified atom stereocenters. The molecule has 8 heteroatoms. The Hall–Kier alpha value is -1.61. The Bertz CT molecular complexity index is 858. The maximum atomic E-state index is 13.8. The van der Waals surface area contributed by atoms with Crippen molar-refractivity contribution in [2.24, 2.45) is 0 Å². The Morgan fingerprint density at radius 1 is 1.20 bits per heavy atom. The second-order valence-corrected chi connectivity index (χ2v) is 9.13. The zero-order chi connectivity index (χ0) is 18.0. The van der Waals surface area contributed by atoms with Crippen LogP contribution in [0.1, 0.15) is 15.9 Å². The SMILES string of the molecule is Cc1ccc(F)c(C(=O)CN2CCN(S(=O)(=O)c3cccs3)CC2)c1. The van der Waals surface area contributed by atoms with Gasteiger partial charge in [0.1, 0.15) is 10.0 Å². The number of aryl methyl sites for hydroxylation is 1. The number of hydrogen-bond donors (Lipinski definition) is 0. The Morgan fingerprint density at radius 3 is 2.56 bits per heavy atom. The summed E-state index contributed by atoms with van der Waals surface area (Å²) in [4.78, 5) is 14.2. The molecule has 0 saturated carbocycles. The number of piperazine rings is 1. The number of sulfonamides is 1. The number of ketones is 1. The molecular weight excluding hydrogens is 363 g/mol. The van der Waals surface area contributed by atoms with E-state index >= 15 is 0 Å². The van der Waals surface area contributed by atoms with E-state index in [2.05, 4.69) is 0 Å². The van der Waals surface area contributed by atoms with Gasteiger partial charge in [-0.25, -0.2) is 12.8 Å². The lowest BCUT2D eigenvalue weighted by Gasteiger charge is -2.33. The van der Waals surface area contributed by atoms with Crippen LogP contribution in [-0.2, 0) is 10.0 Å². The molecule has 1 saturated heterocycles. The Labute approximate surface area is 150 Å². The number of carbonyl (C=O) groups is 1. The molecular formula is C17H19FN2O3S2. The van der Waals surface area contributed by atoms with Crippen molar-refractivity contribution in [3.63, 3.8) is 0 Å². The highest BCUT2D eigenvalue weighted by molar-refractivity contribution is 7.91. The van der Waals surface area contributed by atoms with E-state index in [4.69, 9.17) is 0 Å². The molecule has 134 valence electrons. The van der Waals surface area contributed by atoms with E-state index in [9.17, 15) is 17.6 Å².